The third-order valence-electron chi connectivity index (χ3n) is 0.292. The van der Waals surface area contributed by atoms with Crippen LogP contribution >= 0.6 is 0 Å². The first-order chi connectivity index (χ1) is 2.77. The van der Waals surface area contributed by atoms with Crippen LogP contribution in [0.5, 0.6) is 0 Å². The fourth-order valence-electron chi connectivity index (χ4n) is 0.0854. The maximum absolute atomic E-state index is 9.25. The van der Waals surface area contributed by atoms with Gasteiger partial charge >= 0.3 is 0 Å². The molecule has 1 radical (unpaired) electrons. The van der Waals surface area contributed by atoms with Gasteiger partial charge in [-0.2, -0.15) is 0 Å². The first kappa shape index (κ1) is 5.59. The number of rotatable bonds is 2. The molecule has 0 aromatic rings. The molecule has 0 spiro atoms. The smallest absolute Gasteiger partial charge is 0.202 e. The average Bonchev–Trinajstić information content (AvgIpc) is 1.35. The summed E-state index contributed by atoms with van der Waals surface area (Å²) in [4.78, 5) is 9.25. The lowest BCUT2D eigenvalue weighted by Gasteiger charge is -1.90. The molecule has 6 heavy (non-hydrogen) atoms. The number of nitrogens with two attached hydrogens (primary N) is 1. The van der Waals surface area contributed by atoms with Gasteiger partial charge < -0.3 is 10.8 Å². The van der Waals surface area contributed by atoms with Crippen molar-refractivity contribution in [2.24, 2.45) is 5.73 Å². The number of aliphatic hydroxyl groups excluding tert-OH is 1. The monoisotopic (exact) mass is 88.0 g/mol. The molecule has 35 valence electrons. The largest absolute Gasteiger partial charge is 0.378 e. The molecule has 3 nitrogen and oxygen atoms in total. The van der Waals surface area contributed by atoms with Crippen LogP contribution < -0.4 is 5.73 Å². The Morgan fingerprint density at radius 2 is 2.50 bits per heavy atom. The maximum Gasteiger partial charge on any atom is 0.202 e. The Hall–Kier alpha value is -0.410. The van der Waals surface area contributed by atoms with Crippen molar-refractivity contribution in [1.82, 2.24) is 0 Å². The summed E-state index contributed by atoms with van der Waals surface area (Å²) in [6.45, 7) is 0. The lowest BCUT2D eigenvalue weighted by molar-refractivity contribution is 0.189. The van der Waals surface area contributed by atoms with Gasteiger partial charge in [0, 0.05) is 0 Å². The van der Waals surface area contributed by atoms with Crippen LogP contribution in [0.4, 0.5) is 0 Å². The molecule has 0 aliphatic rings. The van der Waals surface area contributed by atoms with Crippen LogP contribution in [-0.2, 0) is 4.79 Å². The van der Waals surface area contributed by atoms with Gasteiger partial charge in [0.25, 0.3) is 0 Å². The minimum absolute atomic E-state index is 0.0972. The summed E-state index contributed by atoms with van der Waals surface area (Å²) in [5.41, 5.74) is 4.70. The second-order valence-corrected chi connectivity index (χ2v) is 0.916. The standard InChI is InChI=1S/C3H6NO2/c4-3(6)1-2-5/h3,6H,1,4H2. The normalized spacial score (nSPS) is 13.7. The molecule has 0 aromatic carbocycles. The molecule has 3 heteroatoms. The molecule has 0 fully saturated rings. The van der Waals surface area contributed by atoms with Gasteiger partial charge in [-0.15, -0.1) is 0 Å². The van der Waals surface area contributed by atoms with E-state index in [0.717, 1.165) is 0 Å². The lowest BCUT2D eigenvalue weighted by Crippen LogP contribution is -2.18. The van der Waals surface area contributed by atoms with E-state index in [4.69, 9.17) is 10.8 Å². The fourth-order valence-corrected chi connectivity index (χ4v) is 0.0854. The Morgan fingerprint density at radius 3 is 2.50 bits per heavy atom. The van der Waals surface area contributed by atoms with Crippen molar-refractivity contribution >= 4 is 6.29 Å². The number of hydrogen-bond acceptors (Lipinski definition) is 3. The van der Waals surface area contributed by atoms with E-state index in [1.165, 1.54) is 6.29 Å². The number of carbonyl (C=O) groups excluding carboxylic acids is 1. The minimum Gasteiger partial charge on any atom is -0.378 e. The summed E-state index contributed by atoms with van der Waals surface area (Å²) >= 11 is 0. The van der Waals surface area contributed by atoms with E-state index in [1.54, 1.807) is 0 Å². The average molecular weight is 88.1 g/mol. The zero-order valence-corrected chi connectivity index (χ0v) is 3.22. The molecule has 0 heterocycles. The third kappa shape index (κ3) is 3.59. The Morgan fingerprint density at radius 1 is 2.00 bits per heavy atom. The zero-order valence-electron chi connectivity index (χ0n) is 3.22. The van der Waals surface area contributed by atoms with E-state index >= 15 is 0 Å². The molecule has 0 rings (SSSR count). The molecule has 0 saturated heterocycles. The highest BCUT2D eigenvalue weighted by Crippen LogP contribution is 1.70. The van der Waals surface area contributed by atoms with Crippen molar-refractivity contribution < 1.29 is 9.90 Å². The molecule has 0 saturated carbocycles. The second kappa shape index (κ2) is 2.81. The van der Waals surface area contributed by atoms with E-state index in [9.17, 15) is 4.79 Å². The van der Waals surface area contributed by atoms with Gasteiger partial charge in [-0.05, 0) is 0 Å². The van der Waals surface area contributed by atoms with E-state index in [2.05, 4.69) is 0 Å². The van der Waals surface area contributed by atoms with Crippen molar-refractivity contribution in [2.45, 2.75) is 12.6 Å². The summed E-state index contributed by atoms with van der Waals surface area (Å²) in [7, 11) is 0. The first-order valence-corrected chi connectivity index (χ1v) is 1.56. The van der Waals surface area contributed by atoms with Crippen LogP contribution in [0.15, 0.2) is 0 Å². The predicted octanol–water partition coefficient (Wildman–Crippen LogP) is -1.24. The fraction of sp³-hybridized carbons (Fsp3) is 0.667. The van der Waals surface area contributed by atoms with Crippen LogP contribution in [0.1, 0.15) is 6.42 Å². The molecular formula is C3H6NO2. The van der Waals surface area contributed by atoms with Crippen molar-refractivity contribution in [3.63, 3.8) is 0 Å². The Bertz CT molecular complexity index is 44.1. The number of aliphatic hydroxyl groups is 1. The van der Waals surface area contributed by atoms with Gasteiger partial charge in [0.05, 0.1) is 6.42 Å². The number of hydrogen-bond donors (Lipinski definition) is 2. The van der Waals surface area contributed by atoms with Gasteiger partial charge in [-0.3, -0.25) is 4.79 Å². The lowest BCUT2D eigenvalue weighted by atomic mass is 10.4. The summed E-state index contributed by atoms with van der Waals surface area (Å²) in [5.74, 6) is 0. The minimum atomic E-state index is -1.03. The van der Waals surface area contributed by atoms with E-state index < -0.39 is 6.23 Å². The molecule has 0 aliphatic carbocycles. The highest BCUT2D eigenvalue weighted by Gasteiger charge is 1.89. The second-order valence-electron chi connectivity index (χ2n) is 0.916. The van der Waals surface area contributed by atoms with Crippen molar-refractivity contribution in [3.05, 3.63) is 0 Å². The van der Waals surface area contributed by atoms with Crippen LogP contribution in [-0.4, -0.2) is 17.6 Å². The van der Waals surface area contributed by atoms with Crippen LogP contribution in [0.25, 0.3) is 0 Å². The molecule has 3 N–H and O–H groups in total. The predicted molar refractivity (Wildman–Crippen MR) is 20.5 cm³/mol. The molecule has 0 bridgehead atoms. The van der Waals surface area contributed by atoms with Gasteiger partial charge in [-0.1, -0.05) is 0 Å². The van der Waals surface area contributed by atoms with E-state index in [0.29, 0.717) is 0 Å². The van der Waals surface area contributed by atoms with Gasteiger partial charge in [-0.25, -0.2) is 0 Å². The van der Waals surface area contributed by atoms with Crippen LogP contribution in [0.2, 0.25) is 0 Å². The van der Waals surface area contributed by atoms with Crippen LogP contribution in [0.3, 0.4) is 0 Å². The Balaban J connectivity index is 2.81. The summed E-state index contributed by atoms with van der Waals surface area (Å²) < 4.78 is 0. The SMILES string of the molecule is NC(O)C[C]=O. The van der Waals surface area contributed by atoms with Crippen LogP contribution in [0, 0.1) is 0 Å². The summed E-state index contributed by atoms with van der Waals surface area (Å²) in [6, 6.07) is 0. The molecule has 1 atom stereocenters. The van der Waals surface area contributed by atoms with Crippen molar-refractivity contribution in [3.8, 4) is 0 Å². The zero-order chi connectivity index (χ0) is 4.99. The van der Waals surface area contributed by atoms with Crippen molar-refractivity contribution in [1.29, 1.82) is 0 Å². The Labute approximate surface area is 35.8 Å². The van der Waals surface area contributed by atoms with E-state index in [1.807, 2.05) is 0 Å². The first-order valence-electron chi connectivity index (χ1n) is 1.56. The van der Waals surface area contributed by atoms with E-state index in [-0.39, 0.29) is 6.42 Å². The maximum atomic E-state index is 9.25. The quantitative estimate of drug-likeness (QED) is 0.415. The topological polar surface area (TPSA) is 63.3 Å². The van der Waals surface area contributed by atoms with Gasteiger partial charge in [0.15, 0.2) is 0 Å². The molecule has 0 amide bonds. The van der Waals surface area contributed by atoms with Crippen molar-refractivity contribution in [2.75, 3.05) is 0 Å². The molecular weight excluding hydrogens is 82.0 g/mol. The third-order valence-corrected chi connectivity index (χ3v) is 0.292. The highest BCUT2D eigenvalue weighted by molar-refractivity contribution is 5.50. The molecule has 1 unspecified atom stereocenters. The summed E-state index contributed by atoms with van der Waals surface area (Å²) in [6.07, 6.45) is 0.319. The molecule has 0 aromatic heterocycles. The van der Waals surface area contributed by atoms with Gasteiger partial charge in [0.2, 0.25) is 6.29 Å². The summed E-state index contributed by atoms with van der Waals surface area (Å²) in [5, 5.41) is 8.07. The Kier molecular flexibility index (Phi) is 2.62. The van der Waals surface area contributed by atoms with Gasteiger partial charge in [0.1, 0.15) is 6.23 Å². The highest BCUT2D eigenvalue weighted by atomic mass is 16.3. The molecule has 0 aliphatic heterocycles.